The van der Waals surface area contributed by atoms with E-state index in [9.17, 15) is 21.6 Å². The molecule has 0 aliphatic rings. The van der Waals surface area contributed by atoms with E-state index in [0.717, 1.165) is 6.07 Å². The molecule has 0 amide bonds. The number of primary sulfonamides is 1. The topological polar surface area (TPSA) is 144 Å². The van der Waals surface area contributed by atoms with Crippen molar-refractivity contribution >= 4 is 41.9 Å². The van der Waals surface area contributed by atoms with E-state index in [1.54, 1.807) is 0 Å². The van der Waals surface area contributed by atoms with Gasteiger partial charge in [0.1, 0.15) is 0 Å². The summed E-state index contributed by atoms with van der Waals surface area (Å²) in [5.41, 5.74) is -0.178. The number of sulfonamides is 2. The minimum absolute atomic E-state index is 0.00824. The molecule has 118 valence electrons. The number of rotatable bonds is 7. The van der Waals surface area contributed by atoms with Crippen molar-refractivity contribution in [3.63, 3.8) is 0 Å². The smallest absolute Gasteiger partial charge is 0.335 e. The Labute approximate surface area is 130 Å². The van der Waals surface area contributed by atoms with Crippen LogP contribution in [0.5, 0.6) is 0 Å². The molecular formula is C10H13BrN2O6S2. The molecule has 11 heteroatoms. The lowest BCUT2D eigenvalue weighted by Gasteiger charge is -2.09. The summed E-state index contributed by atoms with van der Waals surface area (Å²) in [5.74, 6) is -1.61. The predicted molar refractivity (Wildman–Crippen MR) is 78.9 cm³/mol. The monoisotopic (exact) mass is 400 g/mol. The van der Waals surface area contributed by atoms with Crippen molar-refractivity contribution in [3.05, 3.63) is 28.2 Å². The molecule has 0 saturated carbocycles. The van der Waals surface area contributed by atoms with Crippen LogP contribution in [0.4, 0.5) is 0 Å². The van der Waals surface area contributed by atoms with Crippen LogP contribution in [0.25, 0.3) is 0 Å². The van der Waals surface area contributed by atoms with E-state index in [2.05, 4.69) is 20.7 Å². The molecule has 0 aliphatic carbocycles. The summed E-state index contributed by atoms with van der Waals surface area (Å²) in [4.78, 5) is 10.6. The zero-order valence-electron chi connectivity index (χ0n) is 10.6. The summed E-state index contributed by atoms with van der Waals surface area (Å²) in [6, 6.07) is 3.57. The van der Waals surface area contributed by atoms with E-state index in [1.807, 2.05) is 0 Å². The van der Waals surface area contributed by atoms with E-state index in [0.29, 0.717) is 0 Å². The van der Waals surface area contributed by atoms with Gasteiger partial charge >= 0.3 is 5.97 Å². The standard InChI is InChI=1S/C10H13BrN2O6S2/c11-8-3-2-7(10(14)15)6-9(8)21(18,19)13-4-1-5-20(12,16)17/h2-3,6,13H,1,4-5H2,(H,14,15)(H2,12,16,17). The van der Waals surface area contributed by atoms with Crippen molar-refractivity contribution in [3.8, 4) is 0 Å². The number of nitrogens with one attached hydrogen (secondary N) is 1. The minimum Gasteiger partial charge on any atom is -0.478 e. The molecule has 1 aromatic rings. The predicted octanol–water partition coefficient (Wildman–Crippen LogP) is 0.104. The van der Waals surface area contributed by atoms with E-state index in [4.69, 9.17) is 10.2 Å². The first-order chi connectivity index (χ1) is 9.53. The maximum Gasteiger partial charge on any atom is 0.335 e. The number of carbonyl (C=O) groups is 1. The average Bonchev–Trinajstić information content (AvgIpc) is 2.33. The van der Waals surface area contributed by atoms with Crippen molar-refractivity contribution in [2.45, 2.75) is 11.3 Å². The van der Waals surface area contributed by atoms with Gasteiger partial charge < -0.3 is 5.11 Å². The third kappa shape index (κ3) is 5.71. The zero-order valence-corrected chi connectivity index (χ0v) is 13.8. The maximum absolute atomic E-state index is 12.0. The van der Waals surface area contributed by atoms with Gasteiger partial charge in [0, 0.05) is 11.0 Å². The Bertz CT molecular complexity index is 745. The molecule has 0 heterocycles. The SMILES string of the molecule is NS(=O)(=O)CCCNS(=O)(=O)c1cc(C(=O)O)ccc1Br. The summed E-state index contributed by atoms with van der Waals surface area (Å²) in [6.45, 7) is -0.136. The molecule has 0 radical (unpaired) electrons. The molecule has 0 spiro atoms. The van der Waals surface area contributed by atoms with Crippen LogP contribution in [0.15, 0.2) is 27.6 Å². The zero-order chi connectivity index (χ0) is 16.3. The third-order valence-electron chi connectivity index (χ3n) is 2.37. The van der Waals surface area contributed by atoms with Gasteiger partial charge in [-0.15, -0.1) is 0 Å². The number of hydrogen-bond donors (Lipinski definition) is 3. The number of carboxylic acids is 1. The highest BCUT2D eigenvalue weighted by molar-refractivity contribution is 9.10. The fraction of sp³-hybridized carbons (Fsp3) is 0.300. The first-order valence-corrected chi connectivity index (χ1v) is 9.55. The molecular weight excluding hydrogens is 388 g/mol. The van der Waals surface area contributed by atoms with Crippen molar-refractivity contribution < 1.29 is 26.7 Å². The normalized spacial score (nSPS) is 12.3. The van der Waals surface area contributed by atoms with Crippen molar-refractivity contribution in [2.24, 2.45) is 5.14 Å². The van der Waals surface area contributed by atoms with Gasteiger partial charge in [-0.1, -0.05) is 0 Å². The molecule has 8 nitrogen and oxygen atoms in total. The highest BCUT2D eigenvalue weighted by atomic mass is 79.9. The Hall–Kier alpha value is -1.01. The molecule has 1 rings (SSSR count). The molecule has 0 fully saturated rings. The maximum atomic E-state index is 12.0. The van der Waals surface area contributed by atoms with E-state index in [1.165, 1.54) is 12.1 Å². The molecule has 0 aliphatic heterocycles. The lowest BCUT2D eigenvalue weighted by atomic mass is 10.2. The fourth-order valence-corrected chi connectivity index (χ4v) is 4.01. The Morgan fingerprint density at radius 3 is 2.43 bits per heavy atom. The van der Waals surface area contributed by atoms with E-state index >= 15 is 0 Å². The number of hydrogen-bond acceptors (Lipinski definition) is 5. The Kier molecular flexibility index (Phi) is 5.87. The Morgan fingerprint density at radius 2 is 1.90 bits per heavy atom. The van der Waals surface area contributed by atoms with Gasteiger partial charge in [-0.3, -0.25) is 0 Å². The van der Waals surface area contributed by atoms with Gasteiger partial charge in [0.15, 0.2) is 0 Å². The number of nitrogens with two attached hydrogens (primary N) is 1. The van der Waals surface area contributed by atoms with Crippen molar-refractivity contribution in [1.29, 1.82) is 0 Å². The van der Waals surface area contributed by atoms with Crippen LogP contribution < -0.4 is 9.86 Å². The van der Waals surface area contributed by atoms with Gasteiger partial charge in [-0.2, -0.15) is 0 Å². The number of benzene rings is 1. The quantitative estimate of drug-likeness (QED) is 0.553. The second-order valence-corrected chi connectivity index (χ2v) is 8.39. The van der Waals surface area contributed by atoms with Crippen molar-refractivity contribution in [2.75, 3.05) is 12.3 Å². The molecule has 21 heavy (non-hydrogen) atoms. The van der Waals surface area contributed by atoms with Crippen molar-refractivity contribution in [1.82, 2.24) is 4.72 Å². The summed E-state index contributed by atoms with van der Waals surface area (Å²) >= 11 is 3.03. The first kappa shape index (κ1) is 18.0. The number of halogens is 1. The summed E-state index contributed by atoms with van der Waals surface area (Å²) in [7, 11) is -7.61. The molecule has 0 saturated heterocycles. The van der Waals surface area contributed by atoms with Crippen LogP contribution >= 0.6 is 15.9 Å². The second kappa shape index (κ2) is 6.83. The van der Waals surface area contributed by atoms with Crippen LogP contribution in [-0.4, -0.2) is 40.2 Å². The number of carboxylic acid groups (broad SMARTS) is 1. The number of aromatic carboxylic acids is 1. The van der Waals surface area contributed by atoms with Gasteiger partial charge in [0.25, 0.3) is 0 Å². The highest BCUT2D eigenvalue weighted by Gasteiger charge is 2.19. The third-order valence-corrected chi connectivity index (χ3v) is 5.68. The van der Waals surface area contributed by atoms with Gasteiger partial charge in [0.05, 0.1) is 16.2 Å². The van der Waals surface area contributed by atoms with Crippen LogP contribution in [0.1, 0.15) is 16.8 Å². The van der Waals surface area contributed by atoms with Crippen LogP contribution in [-0.2, 0) is 20.0 Å². The molecule has 0 aromatic heterocycles. The van der Waals surface area contributed by atoms with Crippen LogP contribution in [0.2, 0.25) is 0 Å². The largest absolute Gasteiger partial charge is 0.478 e. The minimum atomic E-state index is -3.96. The molecule has 1 aromatic carbocycles. The van der Waals surface area contributed by atoms with Crippen LogP contribution in [0, 0.1) is 0 Å². The summed E-state index contributed by atoms with van der Waals surface area (Å²) < 4.78 is 47.9. The second-order valence-electron chi connectivity index (χ2n) is 4.07. The lowest BCUT2D eigenvalue weighted by molar-refractivity contribution is 0.0696. The first-order valence-electron chi connectivity index (χ1n) is 5.56. The van der Waals surface area contributed by atoms with Gasteiger partial charge in [-0.25, -0.2) is 31.5 Å². The Morgan fingerprint density at radius 1 is 1.29 bits per heavy atom. The lowest BCUT2D eigenvalue weighted by Crippen LogP contribution is -2.28. The molecule has 0 bridgehead atoms. The van der Waals surface area contributed by atoms with E-state index < -0.39 is 26.0 Å². The van der Waals surface area contributed by atoms with Gasteiger partial charge in [0.2, 0.25) is 20.0 Å². The molecule has 0 atom stereocenters. The Balaban J connectivity index is 2.88. The average molecular weight is 401 g/mol. The fourth-order valence-electron chi connectivity index (χ4n) is 1.40. The highest BCUT2D eigenvalue weighted by Crippen LogP contribution is 2.23. The van der Waals surface area contributed by atoms with Gasteiger partial charge in [-0.05, 0) is 40.5 Å². The molecule has 0 unspecified atom stereocenters. The summed E-state index contributed by atoms with van der Waals surface area (Å²) in [5, 5.41) is 13.7. The summed E-state index contributed by atoms with van der Waals surface area (Å²) in [6.07, 6.45) is 0.00824. The van der Waals surface area contributed by atoms with E-state index in [-0.39, 0.29) is 33.7 Å². The van der Waals surface area contributed by atoms with Crippen LogP contribution in [0.3, 0.4) is 0 Å². The molecule has 4 N–H and O–H groups in total.